The van der Waals surface area contributed by atoms with Gasteiger partial charge in [0.25, 0.3) is 0 Å². The van der Waals surface area contributed by atoms with E-state index in [4.69, 9.17) is 5.73 Å². The van der Waals surface area contributed by atoms with Crippen LogP contribution in [0.1, 0.15) is 0 Å². The molecule has 0 bridgehead atoms. The molecule has 78 valence electrons. The fraction of sp³-hybridized carbons (Fsp3) is 0. The Morgan fingerprint density at radius 1 is 1.00 bits per heavy atom. The molecule has 0 aromatic carbocycles. The van der Waals surface area contributed by atoms with Gasteiger partial charge in [-0.25, -0.2) is 4.98 Å². The average molecular weight is 210 g/mol. The van der Waals surface area contributed by atoms with E-state index in [0.717, 1.165) is 17.0 Å². The lowest BCUT2D eigenvalue weighted by Crippen LogP contribution is -1.98. The summed E-state index contributed by atoms with van der Waals surface area (Å²) in [7, 11) is 0. The Kier molecular flexibility index (Phi) is 1.86. The van der Waals surface area contributed by atoms with E-state index in [1.165, 1.54) is 0 Å². The highest BCUT2D eigenvalue weighted by Gasteiger charge is 2.08. The van der Waals surface area contributed by atoms with Gasteiger partial charge in [0.05, 0.1) is 11.7 Å². The first-order valence-electron chi connectivity index (χ1n) is 4.99. The van der Waals surface area contributed by atoms with Crippen molar-refractivity contribution in [2.75, 3.05) is 5.73 Å². The zero-order chi connectivity index (χ0) is 11.0. The summed E-state index contributed by atoms with van der Waals surface area (Å²) in [6.45, 7) is 0. The van der Waals surface area contributed by atoms with E-state index in [9.17, 15) is 0 Å². The lowest BCUT2D eigenvalue weighted by atomic mass is 10.3. The Labute approximate surface area is 92.4 Å². The molecule has 3 rings (SSSR count). The van der Waals surface area contributed by atoms with Crippen LogP contribution in [0.4, 0.5) is 5.82 Å². The molecule has 0 saturated heterocycles. The van der Waals surface area contributed by atoms with Gasteiger partial charge in [-0.2, -0.15) is 0 Å². The number of aromatic nitrogens is 3. The summed E-state index contributed by atoms with van der Waals surface area (Å²) in [5.74, 6) is 1.43. The molecule has 0 aliphatic rings. The maximum atomic E-state index is 5.93. The van der Waals surface area contributed by atoms with E-state index in [0.29, 0.717) is 5.82 Å². The summed E-state index contributed by atoms with van der Waals surface area (Å²) >= 11 is 0. The zero-order valence-corrected chi connectivity index (χ0v) is 8.54. The van der Waals surface area contributed by atoms with Crippen molar-refractivity contribution in [1.82, 2.24) is 14.4 Å². The third-order valence-corrected chi connectivity index (χ3v) is 2.48. The second kappa shape index (κ2) is 3.34. The van der Waals surface area contributed by atoms with Crippen LogP contribution in [0.25, 0.3) is 17.0 Å². The Hall–Kier alpha value is -2.36. The lowest BCUT2D eigenvalue weighted by molar-refractivity contribution is 1.14. The zero-order valence-electron chi connectivity index (χ0n) is 8.54. The average Bonchev–Trinajstić information content (AvgIpc) is 2.75. The van der Waals surface area contributed by atoms with Gasteiger partial charge in [0, 0.05) is 6.20 Å². The van der Waals surface area contributed by atoms with Crippen LogP contribution in [0.15, 0.2) is 48.8 Å². The maximum Gasteiger partial charge on any atom is 0.164 e. The van der Waals surface area contributed by atoms with E-state index in [-0.39, 0.29) is 0 Å². The first-order valence-corrected chi connectivity index (χ1v) is 4.99. The van der Waals surface area contributed by atoms with Crippen molar-refractivity contribution in [1.29, 1.82) is 0 Å². The van der Waals surface area contributed by atoms with Crippen molar-refractivity contribution in [3.8, 4) is 11.5 Å². The maximum absolute atomic E-state index is 5.93. The molecule has 0 atom stereocenters. The van der Waals surface area contributed by atoms with Crippen LogP contribution >= 0.6 is 0 Å². The molecule has 0 aliphatic carbocycles. The number of pyridine rings is 2. The van der Waals surface area contributed by atoms with Crippen LogP contribution in [0.5, 0.6) is 0 Å². The van der Waals surface area contributed by atoms with Gasteiger partial charge >= 0.3 is 0 Å². The van der Waals surface area contributed by atoms with Gasteiger partial charge in [-0.3, -0.25) is 9.38 Å². The number of anilines is 1. The van der Waals surface area contributed by atoms with Gasteiger partial charge in [0.15, 0.2) is 5.82 Å². The molecule has 3 aromatic rings. The van der Waals surface area contributed by atoms with Crippen molar-refractivity contribution in [2.45, 2.75) is 0 Å². The fourth-order valence-corrected chi connectivity index (χ4v) is 1.75. The van der Waals surface area contributed by atoms with E-state index in [2.05, 4.69) is 9.97 Å². The van der Waals surface area contributed by atoms with Gasteiger partial charge in [0.2, 0.25) is 0 Å². The Balaban J connectivity index is 2.33. The largest absolute Gasteiger partial charge is 0.385 e. The number of nitrogens with two attached hydrogens (primary N) is 1. The lowest BCUT2D eigenvalue weighted by Gasteiger charge is -2.03. The Bertz CT molecular complexity index is 628. The van der Waals surface area contributed by atoms with Crippen molar-refractivity contribution in [2.24, 2.45) is 0 Å². The summed E-state index contributed by atoms with van der Waals surface area (Å²) in [5, 5.41) is 0. The van der Waals surface area contributed by atoms with Crippen molar-refractivity contribution in [3.05, 3.63) is 48.8 Å². The Morgan fingerprint density at radius 2 is 1.94 bits per heavy atom. The molecule has 0 spiro atoms. The van der Waals surface area contributed by atoms with E-state index in [1.54, 1.807) is 12.4 Å². The second-order valence-corrected chi connectivity index (χ2v) is 3.51. The van der Waals surface area contributed by atoms with E-state index in [1.807, 2.05) is 40.8 Å². The smallest absolute Gasteiger partial charge is 0.164 e. The molecule has 3 aromatic heterocycles. The van der Waals surface area contributed by atoms with Crippen molar-refractivity contribution in [3.63, 3.8) is 0 Å². The normalized spacial score (nSPS) is 10.8. The molecule has 3 heterocycles. The number of rotatable bonds is 1. The monoisotopic (exact) mass is 210 g/mol. The topological polar surface area (TPSA) is 56.2 Å². The SMILES string of the molecule is Nc1cccc2cnc(-c3ccccn3)n12. The summed E-state index contributed by atoms with van der Waals surface area (Å²) < 4.78 is 1.89. The van der Waals surface area contributed by atoms with Crippen LogP contribution in [-0.2, 0) is 0 Å². The highest BCUT2D eigenvalue weighted by molar-refractivity contribution is 5.63. The van der Waals surface area contributed by atoms with Crippen LogP contribution in [-0.4, -0.2) is 14.4 Å². The quantitative estimate of drug-likeness (QED) is 0.668. The van der Waals surface area contributed by atoms with Crippen LogP contribution < -0.4 is 5.73 Å². The molecule has 0 unspecified atom stereocenters. The molecular formula is C12H10N4. The van der Waals surface area contributed by atoms with Gasteiger partial charge in [-0.1, -0.05) is 12.1 Å². The second-order valence-electron chi connectivity index (χ2n) is 3.51. The third-order valence-electron chi connectivity index (χ3n) is 2.48. The number of imidazole rings is 1. The number of nitrogen functional groups attached to an aromatic ring is 1. The number of fused-ring (bicyclic) bond motifs is 1. The van der Waals surface area contributed by atoms with Crippen LogP contribution in [0, 0.1) is 0 Å². The standard InChI is InChI=1S/C12H10N4/c13-11-6-3-4-9-8-15-12(16(9)11)10-5-1-2-7-14-10/h1-8H,13H2. The summed E-state index contributed by atoms with van der Waals surface area (Å²) in [6.07, 6.45) is 3.54. The predicted octanol–water partition coefficient (Wildman–Crippen LogP) is 1.98. The Morgan fingerprint density at radius 3 is 2.75 bits per heavy atom. The fourth-order valence-electron chi connectivity index (χ4n) is 1.75. The molecule has 0 aliphatic heterocycles. The third kappa shape index (κ3) is 1.24. The molecular weight excluding hydrogens is 200 g/mol. The van der Waals surface area contributed by atoms with Crippen molar-refractivity contribution >= 4 is 11.3 Å². The minimum absolute atomic E-state index is 0.663. The van der Waals surface area contributed by atoms with Gasteiger partial charge in [0.1, 0.15) is 11.5 Å². The first-order chi connectivity index (χ1) is 7.86. The van der Waals surface area contributed by atoms with Crippen molar-refractivity contribution < 1.29 is 0 Å². The highest BCUT2D eigenvalue weighted by atomic mass is 15.1. The molecule has 4 heteroatoms. The molecule has 0 amide bonds. The summed E-state index contributed by atoms with van der Waals surface area (Å²) in [6, 6.07) is 11.5. The van der Waals surface area contributed by atoms with Gasteiger partial charge in [-0.15, -0.1) is 0 Å². The first kappa shape index (κ1) is 8.91. The van der Waals surface area contributed by atoms with Gasteiger partial charge < -0.3 is 5.73 Å². The molecule has 2 N–H and O–H groups in total. The molecule has 0 radical (unpaired) electrons. The van der Waals surface area contributed by atoms with Crippen LogP contribution in [0.2, 0.25) is 0 Å². The number of nitrogens with zero attached hydrogens (tertiary/aromatic N) is 3. The highest BCUT2D eigenvalue weighted by Crippen LogP contribution is 2.20. The van der Waals surface area contributed by atoms with Crippen LogP contribution in [0.3, 0.4) is 0 Å². The summed E-state index contributed by atoms with van der Waals surface area (Å²) in [5.41, 5.74) is 7.73. The molecule has 0 fully saturated rings. The molecule has 4 nitrogen and oxygen atoms in total. The van der Waals surface area contributed by atoms with Gasteiger partial charge in [-0.05, 0) is 24.3 Å². The van der Waals surface area contributed by atoms with E-state index >= 15 is 0 Å². The molecule has 0 saturated carbocycles. The number of hydrogen-bond donors (Lipinski definition) is 1. The molecule has 16 heavy (non-hydrogen) atoms. The summed E-state index contributed by atoms with van der Waals surface area (Å²) in [4.78, 5) is 8.62. The minimum Gasteiger partial charge on any atom is -0.385 e. The minimum atomic E-state index is 0.663. The van der Waals surface area contributed by atoms with E-state index < -0.39 is 0 Å². The predicted molar refractivity (Wildman–Crippen MR) is 62.8 cm³/mol. The number of hydrogen-bond acceptors (Lipinski definition) is 3.